The number of aromatic amines is 1. The van der Waals surface area contributed by atoms with Crippen LogP contribution in [0.2, 0.25) is 0 Å². The molecule has 5 rings (SSSR count). The van der Waals surface area contributed by atoms with Crippen LogP contribution >= 0.6 is 0 Å². The van der Waals surface area contributed by atoms with Gasteiger partial charge in [0.15, 0.2) is 5.65 Å². The zero-order valence-corrected chi connectivity index (χ0v) is 15.8. The summed E-state index contributed by atoms with van der Waals surface area (Å²) in [5, 5.41) is 11.3. The Bertz CT molecular complexity index is 1410. The highest BCUT2D eigenvalue weighted by molar-refractivity contribution is 6.02. The van der Waals surface area contributed by atoms with Gasteiger partial charge < -0.3 is 5.32 Å². The lowest BCUT2D eigenvalue weighted by molar-refractivity contribution is 0.625. The Labute approximate surface area is 170 Å². The summed E-state index contributed by atoms with van der Waals surface area (Å²) in [5.74, 6) is 0.127. The molecule has 8 heteroatoms. The molecular weight excluding hydrogens is 383 g/mol. The summed E-state index contributed by atoms with van der Waals surface area (Å²) in [5.41, 5.74) is 2.38. The molecule has 3 heterocycles. The summed E-state index contributed by atoms with van der Waals surface area (Å²) in [4.78, 5) is 22.1. The molecule has 0 atom stereocenters. The van der Waals surface area contributed by atoms with Gasteiger partial charge in [0, 0.05) is 18.9 Å². The number of pyridine rings is 1. The lowest BCUT2D eigenvalue weighted by Gasteiger charge is -2.12. The number of nitrogens with zero attached hydrogens (tertiary/aromatic N) is 4. The van der Waals surface area contributed by atoms with Gasteiger partial charge in [-0.2, -0.15) is 10.1 Å². The number of benzene rings is 2. The average molecular weight is 400 g/mol. The monoisotopic (exact) mass is 400 g/mol. The number of halogens is 1. The van der Waals surface area contributed by atoms with Crippen LogP contribution in [0.3, 0.4) is 0 Å². The minimum Gasteiger partial charge on any atom is -0.354 e. The van der Waals surface area contributed by atoms with Gasteiger partial charge in [-0.3, -0.25) is 14.5 Å². The maximum Gasteiger partial charge on any atom is 0.267 e. The molecule has 0 saturated heterocycles. The number of nitrogens with one attached hydrogen (secondary N) is 2. The van der Waals surface area contributed by atoms with E-state index in [1.165, 1.54) is 12.1 Å². The maximum absolute atomic E-state index is 13.4. The summed E-state index contributed by atoms with van der Waals surface area (Å²) in [6.07, 6.45) is 3.86. The molecular formula is C22H17FN6O. The number of fused-ring (bicyclic) bond motifs is 3. The molecule has 30 heavy (non-hydrogen) atoms. The molecule has 148 valence electrons. The van der Waals surface area contributed by atoms with E-state index in [1.54, 1.807) is 23.0 Å². The Hall–Kier alpha value is -4.07. The molecule has 0 radical (unpaired) electrons. The van der Waals surface area contributed by atoms with Gasteiger partial charge in [-0.25, -0.2) is 9.37 Å². The molecule has 0 aliphatic rings. The Morgan fingerprint density at radius 1 is 1.07 bits per heavy atom. The van der Waals surface area contributed by atoms with Crippen LogP contribution in [0.15, 0.2) is 71.8 Å². The zero-order valence-electron chi connectivity index (χ0n) is 15.8. The molecule has 0 bridgehead atoms. The van der Waals surface area contributed by atoms with Crippen LogP contribution in [-0.2, 0) is 6.42 Å². The summed E-state index contributed by atoms with van der Waals surface area (Å²) < 4.78 is 14.9. The van der Waals surface area contributed by atoms with Crippen molar-refractivity contribution < 1.29 is 4.39 Å². The highest BCUT2D eigenvalue weighted by Crippen LogP contribution is 2.22. The van der Waals surface area contributed by atoms with E-state index in [0.717, 1.165) is 5.56 Å². The minimum atomic E-state index is -0.260. The van der Waals surface area contributed by atoms with Crippen LogP contribution in [0.5, 0.6) is 0 Å². The van der Waals surface area contributed by atoms with Crippen molar-refractivity contribution >= 4 is 27.9 Å². The zero-order chi connectivity index (χ0) is 20.5. The molecule has 0 fully saturated rings. The molecule has 0 amide bonds. The van der Waals surface area contributed by atoms with Crippen LogP contribution < -0.4 is 10.9 Å². The van der Waals surface area contributed by atoms with Gasteiger partial charge in [-0.15, -0.1) is 0 Å². The van der Waals surface area contributed by atoms with Gasteiger partial charge in [0.25, 0.3) is 5.56 Å². The second-order valence-electron chi connectivity index (χ2n) is 6.86. The fourth-order valence-corrected chi connectivity index (χ4v) is 3.50. The van der Waals surface area contributed by atoms with Gasteiger partial charge in [0.05, 0.1) is 16.5 Å². The molecule has 0 saturated carbocycles. The molecule has 0 aliphatic carbocycles. The van der Waals surface area contributed by atoms with Gasteiger partial charge in [0.2, 0.25) is 5.95 Å². The van der Waals surface area contributed by atoms with Crippen LogP contribution in [0, 0.1) is 5.82 Å². The van der Waals surface area contributed by atoms with Crippen LogP contribution in [0.25, 0.3) is 27.6 Å². The SMILES string of the molecule is O=c1c2c[nH]nc2c2cnc(NCCc3cccc(F)c3)nc2n1-c1ccccc1. The number of hydrogen-bond acceptors (Lipinski definition) is 5. The smallest absolute Gasteiger partial charge is 0.267 e. The molecule has 3 aromatic heterocycles. The summed E-state index contributed by atoms with van der Waals surface area (Å²) in [7, 11) is 0. The minimum absolute atomic E-state index is 0.207. The second-order valence-corrected chi connectivity index (χ2v) is 6.86. The molecule has 0 unspecified atom stereocenters. The third kappa shape index (κ3) is 3.18. The fourth-order valence-electron chi connectivity index (χ4n) is 3.50. The van der Waals surface area contributed by atoms with Crippen molar-refractivity contribution in [1.29, 1.82) is 0 Å². The molecule has 7 nitrogen and oxygen atoms in total. The number of H-pyrrole nitrogens is 1. The van der Waals surface area contributed by atoms with Gasteiger partial charge in [0.1, 0.15) is 11.3 Å². The highest BCUT2D eigenvalue weighted by atomic mass is 19.1. The van der Waals surface area contributed by atoms with Crippen molar-refractivity contribution in [1.82, 2.24) is 24.7 Å². The Morgan fingerprint density at radius 2 is 1.93 bits per heavy atom. The standard InChI is InChI=1S/C22H17FN6O/c23-15-6-4-5-14(11-15)9-10-24-22-25-12-17-19-18(13-26-28-19)21(30)29(20(17)27-22)16-7-2-1-3-8-16/h1-8,11-13H,9-10H2,(H,26,28)(H,24,25,27). The van der Waals surface area contributed by atoms with E-state index < -0.39 is 0 Å². The Balaban J connectivity index is 1.56. The van der Waals surface area contributed by atoms with E-state index in [-0.39, 0.29) is 11.4 Å². The van der Waals surface area contributed by atoms with Crippen molar-refractivity contribution in [2.24, 2.45) is 0 Å². The predicted molar refractivity (Wildman–Crippen MR) is 113 cm³/mol. The first-order chi connectivity index (χ1) is 14.7. The topological polar surface area (TPSA) is 88.5 Å². The highest BCUT2D eigenvalue weighted by Gasteiger charge is 2.16. The van der Waals surface area contributed by atoms with Gasteiger partial charge in [-0.05, 0) is 36.2 Å². The summed E-state index contributed by atoms with van der Waals surface area (Å²) in [6.45, 7) is 0.523. The summed E-state index contributed by atoms with van der Waals surface area (Å²) >= 11 is 0. The van der Waals surface area contributed by atoms with E-state index in [4.69, 9.17) is 0 Å². The third-order valence-corrected chi connectivity index (χ3v) is 4.91. The average Bonchev–Trinajstić information content (AvgIpc) is 3.25. The summed E-state index contributed by atoms with van der Waals surface area (Å²) in [6, 6.07) is 15.8. The quantitative estimate of drug-likeness (QED) is 0.472. The molecule has 5 aromatic rings. The Kier molecular flexibility index (Phi) is 4.44. The van der Waals surface area contributed by atoms with E-state index >= 15 is 0 Å². The molecule has 2 aromatic carbocycles. The number of para-hydroxylation sites is 1. The van der Waals surface area contributed by atoms with Gasteiger partial charge >= 0.3 is 0 Å². The third-order valence-electron chi connectivity index (χ3n) is 4.91. The van der Waals surface area contributed by atoms with Crippen molar-refractivity contribution in [2.45, 2.75) is 6.42 Å². The van der Waals surface area contributed by atoms with Crippen molar-refractivity contribution in [2.75, 3.05) is 11.9 Å². The van der Waals surface area contributed by atoms with Crippen LogP contribution in [0.4, 0.5) is 10.3 Å². The number of anilines is 1. The number of rotatable bonds is 5. The van der Waals surface area contributed by atoms with Crippen LogP contribution in [0.1, 0.15) is 5.56 Å². The maximum atomic E-state index is 13.4. The largest absolute Gasteiger partial charge is 0.354 e. The van der Waals surface area contributed by atoms with Crippen LogP contribution in [-0.4, -0.2) is 31.3 Å². The fraction of sp³-hybridized carbons (Fsp3) is 0.0909. The first kappa shape index (κ1) is 18.0. The molecule has 0 spiro atoms. The van der Waals surface area contributed by atoms with E-state index in [1.807, 2.05) is 36.4 Å². The lowest BCUT2D eigenvalue weighted by Crippen LogP contribution is -2.20. The second kappa shape index (κ2) is 7.40. The Morgan fingerprint density at radius 3 is 2.77 bits per heavy atom. The lowest BCUT2D eigenvalue weighted by atomic mass is 10.1. The van der Waals surface area contributed by atoms with Crippen molar-refractivity contribution in [3.63, 3.8) is 0 Å². The molecule has 0 aliphatic heterocycles. The predicted octanol–water partition coefficient (Wildman–Crippen LogP) is 3.45. The number of hydrogen-bond donors (Lipinski definition) is 2. The van der Waals surface area contributed by atoms with Gasteiger partial charge in [-0.1, -0.05) is 30.3 Å². The van der Waals surface area contributed by atoms with E-state index in [9.17, 15) is 9.18 Å². The first-order valence-electron chi connectivity index (χ1n) is 9.50. The van der Waals surface area contributed by atoms with Crippen molar-refractivity contribution in [3.8, 4) is 5.69 Å². The van der Waals surface area contributed by atoms with E-state index in [2.05, 4.69) is 25.5 Å². The van der Waals surface area contributed by atoms with Crippen molar-refractivity contribution in [3.05, 3.63) is 88.7 Å². The number of aromatic nitrogens is 5. The van der Waals surface area contributed by atoms with E-state index in [0.29, 0.717) is 46.5 Å². The first-order valence-corrected chi connectivity index (χ1v) is 9.50. The molecule has 2 N–H and O–H groups in total. The normalized spacial score (nSPS) is 11.2.